The molecule has 3 aromatic heterocycles. The molecule has 1 aliphatic heterocycles. The Balaban J connectivity index is 1.38. The highest BCUT2D eigenvalue weighted by Crippen LogP contribution is 2.35. The van der Waals surface area contributed by atoms with Crippen molar-refractivity contribution in [2.75, 3.05) is 38.5 Å². The molecule has 1 saturated heterocycles. The van der Waals surface area contributed by atoms with Crippen LogP contribution in [0.25, 0.3) is 17.0 Å². The van der Waals surface area contributed by atoms with Crippen molar-refractivity contribution in [2.45, 2.75) is 37.8 Å². The first-order valence-corrected chi connectivity index (χ1v) is 12.9. The van der Waals surface area contributed by atoms with Gasteiger partial charge in [0.1, 0.15) is 17.7 Å². The number of hydrogen-bond acceptors (Lipinski definition) is 9. The molecule has 0 bridgehead atoms. The normalized spacial score (nSPS) is 21.2. The third kappa shape index (κ3) is 5.73. The van der Waals surface area contributed by atoms with E-state index in [1.807, 2.05) is 0 Å². The summed E-state index contributed by atoms with van der Waals surface area (Å²) in [6.45, 7) is 4.25. The van der Waals surface area contributed by atoms with Gasteiger partial charge in [-0.2, -0.15) is 9.49 Å². The van der Waals surface area contributed by atoms with Crippen LogP contribution in [-0.4, -0.2) is 80.9 Å². The standard InChI is InChI=1S/C26H31F2N9O2/c1-35-8-10-36(11-9-35)17-2-4-18(5-3-17)37-14-20(24(34-37)23-19(27)6-7-22(28)33-23)31-25(38)21-15-39-26(32-21)16(12-29)13-30/h6-7,12-15,17-18,29H,2-5,8-11,30H2,1H3,(H,31,38)/b16-13+,29-12?/t17-,18+. The number of amides is 1. The Hall–Kier alpha value is -3.97. The zero-order valence-corrected chi connectivity index (χ0v) is 21.6. The zero-order valence-electron chi connectivity index (χ0n) is 21.6. The van der Waals surface area contributed by atoms with E-state index in [-0.39, 0.29) is 40.3 Å². The lowest BCUT2D eigenvalue weighted by Gasteiger charge is -2.41. The predicted octanol–water partition coefficient (Wildman–Crippen LogP) is 3.14. The van der Waals surface area contributed by atoms with Crippen molar-refractivity contribution >= 4 is 23.4 Å². The number of allylic oxidation sites excluding steroid dienone is 1. The molecule has 4 N–H and O–H groups in total. The molecule has 0 unspecified atom stereocenters. The lowest BCUT2D eigenvalue weighted by Crippen LogP contribution is -2.49. The number of piperazine rings is 1. The highest BCUT2D eigenvalue weighted by atomic mass is 19.1. The molecule has 1 saturated carbocycles. The minimum Gasteiger partial charge on any atom is -0.444 e. The van der Waals surface area contributed by atoms with Gasteiger partial charge in [-0.15, -0.1) is 0 Å². The molecular formula is C26H31F2N9O2. The van der Waals surface area contributed by atoms with E-state index in [0.29, 0.717) is 6.04 Å². The Bertz CT molecular complexity index is 1370. The van der Waals surface area contributed by atoms with Crippen LogP contribution in [0.2, 0.25) is 0 Å². The van der Waals surface area contributed by atoms with E-state index < -0.39 is 17.7 Å². The summed E-state index contributed by atoms with van der Waals surface area (Å²) in [5.41, 5.74) is 5.47. The number of nitrogens with zero attached hydrogens (tertiary/aromatic N) is 6. The molecule has 0 spiro atoms. The Kier molecular flexibility index (Phi) is 7.79. The highest BCUT2D eigenvalue weighted by Gasteiger charge is 2.30. The zero-order chi connectivity index (χ0) is 27.5. The molecule has 0 radical (unpaired) electrons. The summed E-state index contributed by atoms with van der Waals surface area (Å²) < 4.78 is 35.7. The first-order chi connectivity index (χ1) is 18.9. The number of halogens is 2. The fraction of sp³-hybridized carbons (Fsp3) is 0.423. The van der Waals surface area contributed by atoms with Crippen molar-refractivity contribution in [1.82, 2.24) is 29.5 Å². The SMILES string of the molecule is CN1CCN([C@H]2CC[C@@H](n3cc(NC(=O)c4coc(/C(C=N)=C/N)n4)c(-c4nc(F)ccc4F)n3)CC2)CC1. The average molecular weight is 540 g/mol. The Morgan fingerprint density at radius 1 is 1.10 bits per heavy atom. The minimum absolute atomic E-state index is 0.00326. The lowest BCUT2D eigenvalue weighted by atomic mass is 9.90. The van der Waals surface area contributed by atoms with Gasteiger partial charge in [0.15, 0.2) is 11.5 Å². The van der Waals surface area contributed by atoms with E-state index in [0.717, 1.165) is 82.7 Å². The summed E-state index contributed by atoms with van der Waals surface area (Å²) in [6, 6.07) is 2.46. The van der Waals surface area contributed by atoms with Crippen LogP contribution in [-0.2, 0) is 0 Å². The maximum Gasteiger partial charge on any atom is 0.277 e. The van der Waals surface area contributed by atoms with Crippen molar-refractivity contribution < 1.29 is 18.0 Å². The van der Waals surface area contributed by atoms with Gasteiger partial charge in [-0.3, -0.25) is 14.4 Å². The summed E-state index contributed by atoms with van der Waals surface area (Å²) in [4.78, 5) is 25.7. The number of pyridine rings is 1. The lowest BCUT2D eigenvalue weighted by molar-refractivity contribution is 0.0811. The molecule has 11 nitrogen and oxygen atoms in total. The minimum atomic E-state index is -0.861. The van der Waals surface area contributed by atoms with Gasteiger partial charge >= 0.3 is 0 Å². The highest BCUT2D eigenvalue weighted by molar-refractivity contribution is 6.08. The van der Waals surface area contributed by atoms with E-state index in [9.17, 15) is 13.6 Å². The van der Waals surface area contributed by atoms with E-state index in [1.54, 1.807) is 10.9 Å². The monoisotopic (exact) mass is 539 g/mol. The molecule has 13 heteroatoms. The molecule has 39 heavy (non-hydrogen) atoms. The van der Waals surface area contributed by atoms with Crippen LogP contribution in [0.4, 0.5) is 14.5 Å². The smallest absolute Gasteiger partial charge is 0.277 e. The van der Waals surface area contributed by atoms with Crippen molar-refractivity contribution in [3.05, 3.63) is 54.1 Å². The molecule has 206 valence electrons. The predicted molar refractivity (Wildman–Crippen MR) is 141 cm³/mol. The van der Waals surface area contributed by atoms with Gasteiger partial charge in [-0.25, -0.2) is 14.4 Å². The number of carbonyl (C=O) groups is 1. The quantitative estimate of drug-likeness (QED) is 0.307. The van der Waals surface area contributed by atoms with E-state index in [1.165, 1.54) is 0 Å². The fourth-order valence-electron chi connectivity index (χ4n) is 5.18. The number of hydrogen-bond donors (Lipinski definition) is 3. The fourth-order valence-corrected chi connectivity index (χ4v) is 5.18. The largest absolute Gasteiger partial charge is 0.444 e. The maximum absolute atomic E-state index is 14.7. The molecule has 5 rings (SSSR count). The molecular weight excluding hydrogens is 508 g/mol. The Morgan fingerprint density at radius 2 is 1.82 bits per heavy atom. The summed E-state index contributed by atoms with van der Waals surface area (Å²) in [5, 5.41) is 14.6. The number of anilines is 1. The second-order valence-corrected chi connectivity index (χ2v) is 9.90. The molecule has 3 aromatic rings. The second kappa shape index (κ2) is 11.4. The van der Waals surface area contributed by atoms with Crippen LogP contribution in [0, 0.1) is 17.2 Å². The number of rotatable bonds is 7. The molecule has 1 aliphatic carbocycles. The average Bonchev–Trinajstić information content (AvgIpc) is 3.60. The molecule has 0 atom stereocenters. The third-order valence-corrected chi connectivity index (χ3v) is 7.43. The first-order valence-electron chi connectivity index (χ1n) is 12.9. The Labute approximate surface area is 224 Å². The second-order valence-electron chi connectivity index (χ2n) is 9.90. The van der Waals surface area contributed by atoms with Gasteiger partial charge in [0.2, 0.25) is 11.8 Å². The van der Waals surface area contributed by atoms with E-state index in [4.69, 9.17) is 15.6 Å². The molecule has 2 aliphatic rings. The summed E-state index contributed by atoms with van der Waals surface area (Å²) in [7, 11) is 2.14. The van der Waals surface area contributed by atoms with Gasteiger partial charge in [-0.1, -0.05) is 0 Å². The van der Waals surface area contributed by atoms with Crippen molar-refractivity contribution in [3.63, 3.8) is 0 Å². The number of likely N-dealkylation sites (N-methyl/N-ethyl adjacent to an activating group) is 1. The maximum atomic E-state index is 14.7. The summed E-state index contributed by atoms with van der Waals surface area (Å²) >= 11 is 0. The molecule has 2 fully saturated rings. The number of oxazole rings is 1. The van der Waals surface area contributed by atoms with Crippen molar-refractivity contribution in [1.29, 1.82) is 5.41 Å². The number of nitrogens with two attached hydrogens (primary N) is 1. The van der Waals surface area contributed by atoms with Crippen LogP contribution in [0.5, 0.6) is 0 Å². The third-order valence-electron chi connectivity index (χ3n) is 7.43. The number of aromatic nitrogens is 4. The van der Waals surface area contributed by atoms with E-state index in [2.05, 4.69) is 37.2 Å². The van der Waals surface area contributed by atoms with Gasteiger partial charge in [0.25, 0.3) is 5.91 Å². The molecule has 4 heterocycles. The van der Waals surface area contributed by atoms with Crippen molar-refractivity contribution in [3.8, 4) is 11.4 Å². The van der Waals surface area contributed by atoms with Gasteiger partial charge in [0, 0.05) is 50.8 Å². The van der Waals surface area contributed by atoms with Crippen LogP contribution in [0.1, 0.15) is 48.1 Å². The van der Waals surface area contributed by atoms with Gasteiger partial charge in [0.05, 0.1) is 17.3 Å². The van der Waals surface area contributed by atoms with Crippen LogP contribution < -0.4 is 11.1 Å². The Morgan fingerprint density at radius 3 is 2.51 bits per heavy atom. The van der Waals surface area contributed by atoms with Crippen LogP contribution >= 0.6 is 0 Å². The number of nitrogens with one attached hydrogen (secondary N) is 2. The van der Waals surface area contributed by atoms with E-state index >= 15 is 0 Å². The molecule has 0 aromatic carbocycles. The van der Waals surface area contributed by atoms with Crippen LogP contribution in [0.15, 0.2) is 35.2 Å². The number of carbonyl (C=O) groups excluding carboxylic acids is 1. The summed E-state index contributed by atoms with van der Waals surface area (Å²) in [6.07, 6.45) is 8.59. The molecule has 1 amide bonds. The van der Waals surface area contributed by atoms with Crippen LogP contribution in [0.3, 0.4) is 0 Å². The van der Waals surface area contributed by atoms with Gasteiger partial charge in [-0.05, 0) is 44.9 Å². The first kappa shape index (κ1) is 26.6. The van der Waals surface area contributed by atoms with Crippen molar-refractivity contribution in [2.24, 2.45) is 5.73 Å². The van der Waals surface area contributed by atoms with Gasteiger partial charge < -0.3 is 25.8 Å². The topological polar surface area (TPSA) is 142 Å². The summed E-state index contributed by atoms with van der Waals surface area (Å²) in [5.74, 6) is -2.27.